The summed E-state index contributed by atoms with van der Waals surface area (Å²) in [7, 11) is 0. The van der Waals surface area contributed by atoms with Gasteiger partial charge in [-0.3, -0.25) is 4.98 Å². The monoisotopic (exact) mass is 250 g/mol. The molecule has 1 aromatic carbocycles. The molecule has 0 bridgehead atoms. The third kappa shape index (κ3) is 2.26. The van der Waals surface area contributed by atoms with E-state index in [0.717, 1.165) is 6.42 Å². The largest absolute Gasteiger partial charge is 0.358 e. The molecule has 0 fully saturated rings. The van der Waals surface area contributed by atoms with Crippen molar-refractivity contribution in [2.24, 2.45) is 5.92 Å². The Morgan fingerprint density at radius 3 is 2.63 bits per heavy atom. The fourth-order valence-corrected chi connectivity index (χ4v) is 2.59. The maximum absolute atomic E-state index is 4.27. The predicted octanol–water partition coefficient (Wildman–Crippen LogP) is 4.43. The zero-order valence-electron chi connectivity index (χ0n) is 11.4. The van der Waals surface area contributed by atoms with Gasteiger partial charge in [-0.05, 0) is 24.0 Å². The van der Waals surface area contributed by atoms with E-state index in [0.29, 0.717) is 5.92 Å². The molecule has 0 saturated heterocycles. The molecular formula is C17H18N2. The van der Waals surface area contributed by atoms with Crippen molar-refractivity contribution in [3.05, 3.63) is 54.5 Å². The fourth-order valence-electron chi connectivity index (χ4n) is 2.59. The number of pyridine rings is 1. The second-order valence-electron chi connectivity index (χ2n) is 5.36. The molecule has 0 atom stereocenters. The van der Waals surface area contributed by atoms with Crippen molar-refractivity contribution in [1.82, 2.24) is 9.97 Å². The first-order valence-electron chi connectivity index (χ1n) is 6.75. The standard InChI is InChI=1S/C17H18N2/c1-12(2)10-16-17(13-6-4-3-5-7-13)14-11-18-9-8-15(14)19-16/h3-9,11-12,19H,10H2,1-2H3. The molecule has 0 saturated carbocycles. The van der Waals surface area contributed by atoms with Gasteiger partial charge in [0, 0.05) is 34.6 Å². The second kappa shape index (κ2) is 4.88. The third-order valence-corrected chi connectivity index (χ3v) is 3.35. The van der Waals surface area contributed by atoms with Crippen molar-refractivity contribution in [2.45, 2.75) is 20.3 Å². The Morgan fingerprint density at radius 2 is 1.89 bits per heavy atom. The molecule has 1 N–H and O–H groups in total. The summed E-state index contributed by atoms with van der Waals surface area (Å²) in [6.45, 7) is 4.50. The molecule has 0 aliphatic heterocycles. The van der Waals surface area contributed by atoms with Gasteiger partial charge < -0.3 is 4.98 Å². The number of nitrogens with one attached hydrogen (secondary N) is 1. The van der Waals surface area contributed by atoms with Gasteiger partial charge in [0.05, 0.1) is 0 Å². The molecule has 2 nitrogen and oxygen atoms in total. The third-order valence-electron chi connectivity index (χ3n) is 3.35. The number of aromatic amines is 1. The van der Waals surface area contributed by atoms with E-state index >= 15 is 0 Å². The predicted molar refractivity (Wildman–Crippen MR) is 80.1 cm³/mol. The van der Waals surface area contributed by atoms with Gasteiger partial charge in [0.15, 0.2) is 0 Å². The summed E-state index contributed by atoms with van der Waals surface area (Å²) in [6.07, 6.45) is 4.85. The molecule has 2 heterocycles. The Kier molecular flexibility index (Phi) is 3.08. The number of aromatic nitrogens is 2. The normalized spacial score (nSPS) is 11.3. The molecule has 3 rings (SSSR count). The summed E-state index contributed by atoms with van der Waals surface area (Å²) < 4.78 is 0. The first-order chi connectivity index (χ1) is 9.25. The van der Waals surface area contributed by atoms with Crippen molar-refractivity contribution in [3.8, 4) is 11.1 Å². The maximum atomic E-state index is 4.27. The molecule has 2 heteroatoms. The average Bonchev–Trinajstić information content (AvgIpc) is 2.76. The number of rotatable bonds is 3. The molecule has 96 valence electrons. The molecule has 0 spiro atoms. The summed E-state index contributed by atoms with van der Waals surface area (Å²) in [6, 6.07) is 12.6. The highest BCUT2D eigenvalue weighted by atomic mass is 14.7. The first kappa shape index (κ1) is 12.0. The number of H-pyrrole nitrogens is 1. The summed E-state index contributed by atoms with van der Waals surface area (Å²) >= 11 is 0. The molecule has 3 aromatic rings. The van der Waals surface area contributed by atoms with Gasteiger partial charge >= 0.3 is 0 Å². The van der Waals surface area contributed by atoms with Crippen LogP contribution >= 0.6 is 0 Å². The summed E-state index contributed by atoms with van der Waals surface area (Å²) in [5, 5.41) is 1.21. The number of benzene rings is 1. The van der Waals surface area contributed by atoms with E-state index in [4.69, 9.17) is 0 Å². The minimum Gasteiger partial charge on any atom is -0.358 e. The van der Waals surface area contributed by atoms with Gasteiger partial charge in [-0.25, -0.2) is 0 Å². The van der Waals surface area contributed by atoms with Crippen LogP contribution in [0.1, 0.15) is 19.5 Å². The number of hydrogen-bond donors (Lipinski definition) is 1. The van der Waals surface area contributed by atoms with Gasteiger partial charge in [0.25, 0.3) is 0 Å². The van der Waals surface area contributed by atoms with Crippen molar-refractivity contribution in [2.75, 3.05) is 0 Å². The van der Waals surface area contributed by atoms with Crippen LogP contribution in [0, 0.1) is 5.92 Å². The van der Waals surface area contributed by atoms with E-state index in [1.807, 2.05) is 18.5 Å². The van der Waals surface area contributed by atoms with Gasteiger partial charge in [0.1, 0.15) is 0 Å². The Hall–Kier alpha value is -2.09. The Morgan fingerprint density at radius 1 is 1.11 bits per heavy atom. The van der Waals surface area contributed by atoms with E-state index in [9.17, 15) is 0 Å². The Bertz CT molecular complexity index is 681. The van der Waals surface area contributed by atoms with Crippen LogP contribution in [0.4, 0.5) is 0 Å². The van der Waals surface area contributed by atoms with Crippen molar-refractivity contribution >= 4 is 10.9 Å². The summed E-state index contributed by atoms with van der Waals surface area (Å²) in [5.74, 6) is 0.628. The smallest absolute Gasteiger partial charge is 0.0493 e. The number of fused-ring (bicyclic) bond motifs is 1. The molecule has 0 radical (unpaired) electrons. The lowest BCUT2D eigenvalue weighted by Crippen LogP contribution is -1.96. The molecule has 0 aliphatic carbocycles. The van der Waals surface area contributed by atoms with E-state index in [-0.39, 0.29) is 0 Å². The minimum absolute atomic E-state index is 0.628. The molecule has 2 aromatic heterocycles. The average molecular weight is 250 g/mol. The topological polar surface area (TPSA) is 28.7 Å². The number of nitrogens with zero attached hydrogens (tertiary/aromatic N) is 1. The van der Waals surface area contributed by atoms with Gasteiger partial charge in [0.2, 0.25) is 0 Å². The van der Waals surface area contributed by atoms with Gasteiger partial charge in [-0.2, -0.15) is 0 Å². The highest BCUT2D eigenvalue weighted by Crippen LogP contribution is 2.32. The Labute approximate surface area is 113 Å². The SMILES string of the molecule is CC(C)Cc1[nH]c2ccncc2c1-c1ccccc1. The van der Waals surface area contributed by atoms with Crippen LogP contribution < -0.4 is 0 Å². The Balaban J connectivity index is 2.24. The highest BCUT2D eigenvalue weighted by molar-refractivity contribution is 5.96. The van der Waals surface area contributed by atoms with Crippen molar-refractivity contribution in [1.29, 1.82) is 0 Å². The van der Waals surface area contributed by atoms with Crippen molar-refractivity contribution in [3.63, 3.8) is 0 Å². The summed E-state index contributed by atoms with van der Waals surface area (Å²) in [5.41, 5.74) is 5.04. The summed E-state index contributed by atoms with van der Waals surface area (Å²) in [4.78, 5) is 7.83. The maximum Gasteiger partial charge on any atom is 0.0493 e. The molecular weight excluding hydrogens is 232 g/mol. The molecule has 0 unspecified atom stereocenters. The zero-order chi connectivity index (χ0) is 13.2. The van der Waals surface area contributed by atoms with Crippen molar-refractivity contribution < 1.29 is 0 Å². The fraction of sp³-hybridized carbons (Fsp3) is 0.235. The zero-order valence-corrected chi connectivity index (χ0v) is 11.4. The van der Waals surface area contributed by atoms with Gasteiger partial charge in [-0.15, -0.1) is 0 Å². The second-order valence-corrected chi connectivity index (χ2v) is 5.36. The van der Waals surface area contributed by atoms with Gasteiger partial charge in [-0.1, -0.05) is 44.2 Å². The lowest BCUT2D eigenvalue weighted by Gasteiger charge is -2.07. The number of hydrogen-bond acceptors (Lipinski definition) is 1. The lowest BCUT2D eigenvalue weighted by molar-refractivity contribution is 0.639. The van der Waals surface area contributed by atoms with Crippen LogP contribution in [0.3, 0.4) is 0 Å². The molecule has 0 aliphatic rings. The lowest BCUT2D eigenvalue weighted by atomic mass is 9.98. The van der Waals surface area contributed by atoms with Crippen LogP contribution in [-0.4, -0.2) is 9.97 Å². The van der Waals surface area contributed by atoms with E-state index in [2.05, 4.69) is 54.1 Å². The first-order valence-corrected chi connectivity index (χ1v) is 6.75. The van der Waals surface area contributed by atoms with Crippen LogP contribution in [0.2, 0.25) is 0 Å². The van der Waals surface area contributed by atoms with E-state index in [1.165, 1.54) is 27.7 Å². The molecule has 0 amide bonds. The van der Waals surface area contributed by atoms with Crippen LogP contribution in [0.25, 0.3) is 22.0 Å². The minimum atomic E-state index is 0.628. The highest BCUT2D eigenvalue weighted by Gasteiger charge is 2.13. The van der Waals surface area contributed by atoms with E-state index in [1.54, 1.807) is 0 Å². The van der Waals surface area contributed by atoms with Crippen LogP contribution in [0.5, 0.6) is 0 Å². The quantitative estimate of drug-likeness (QED) is 0.732. The van der Waals surface area contributed by atoms with Crippen LogP contribution in [0.15, 0.2) is 48.8 Å². The van der Waals surface area contributed by atoms with Crippen LogP contribution in [-0.2, 0) is 6.42 Å². The van der Waals surface area contributed by atoms with E-state index < -0.39 is 0 Å². The molecule has 19 heavy (non-hydrogen) atoms.